The predicted molar refractivity (Wildman–Crippen MR) is 223 cm³/mol. The second-order valence-corrected chi connectivity index (χ2v) is 28.5. The summed E-state index contributed by atoms with van der Waals surface area (Å²) in [7, 11) is -10.1. The Kier molecular flexibility index (Phi) is 13.8. The molecule has 0 unspecified atom stereocenters. The molecule has 5 rings (SSSR count). The first-order chi connectivity index (χ1) is 26.9. The third kappa shape index (κ3) is 9.40. The molecular formula is C43H61F3O9SSi2. The minimum Gasteiger partial charge on any atom is -0.454 e. The highest BCUT2D eigenvalue weighted by atomic mass is 32.2. The van der Waals surface area contributed by atoms with E-state index >= 15 is 0 Å². The molecule has 2 saturated carbocycles. The number of alkyl halides is 3. The van der Waals surface area contributed by atoms with Crippen molar-refractivity contribution in [3.8, 4) is 0 Å². The van der Waals surface area contributed by atoms with Crippen molar-refractivity contribution in [2.45, 2.75) is 140 Å². The summed E-state index contributed by atoms with van der Waals surface area (Å²) in [4.78, 5) is 12.5. The van der Waals surface area contributed by atoms with Crippen LogP contribution in [0.2, 0.25) is 24.7 Å². The smallest absolute Gasteiger partial charge is 0.454 e. The molecule has 0 amide bonds. The normalized spacial score (nSPS) is 27.3. The highest BCUT2D eigenvalue weighted by Gasteiger charge is 2.59. The molecule has 0 aromatic heterocycles. The summed E-state index contributed by atoms with van der Waals surface area (Å²) in [5.41, 5.74) is -6.35. The van der Waals surface area contributed by atoms with Crippen LogP contribution in [0, 0.1) is 11.3 Å². The van der Waals surface area contributed by atoms with E-state index in [1.54, 1.807) is 0 Å². The first-order valence-corrected chi connectivity index (χ1v) is 26.8. The molecule has 0 bridgehead atoms. The van der Waals surface area contributed by atoms with Gasteiger partial charge in [0.05, 0.1) is 17.8 Å². The third-order valence-corrected chi connectivity index (χ3v) is 19.2. The van der Waals surface area contributed by atoms with Crippen LogP contribution in [0.4, 0.5) is 13.2 Å². The summed E-state index contributed by atoms with van der Waals surface area (Å²) in [6.07, 6.45) is 1.09. The molecule has 6 atom stereocenters. The predicted octanol–water partition coefficient (Wildman–Crippen LogP) is 8.90. The standard InChI is InChI=1S/C43H61F3O9SSi2/c1-30-36(54-58(40(3,4)5,32-18-13-11-14-19-32)33-20-15-12-16-21-33)22-17-26-42(30,55-57(8,9)10)27-25-34-35-23-24-38(51-29-50-7)41(35,6)28-37(52-31(2)47)39(34)53-56(48,49)43(44,45)46/h11-16,18-21,35-38H,1,17,22-29H2,2-10H3/t35-,36-,37-,38-,41-,42-/m0/s1. The lowest BCUT2D eigenvalue weighted by Crippen LogP contribution is -2.68. The average molecular weight is 867 g/mol. The van der Waals surface area contributed by atoms with Gasteiger partial charge in [-0.1, -0.05) is 94.9 Å². The lowest BCUT2D eigenvalue weighted by Gasteiger charge is -2.51. The molecule has 0 aliphatic heterocycles. The van der Waals surface area contributed by atoms with Gasteiger partial charge >= 0.3 is 21.6 Å². The number of hydrogen-bond acceptors (Lipinski definition) is 9. The average Bonchev–Trinajstić information content (AvgIpc) is 3.44. The Labute approximate surface area is 345 Å². The largest absolute Gasteiger partial charge is 0.534 e. The Morgan fingerprint density at radius 1 is 0.931 bits per heavy atom. The van der Waals surface area contributed by atoms with Crippen LogP contribution in [-0.4, -0.2) is 74.3 Å². The van der Waals surface area contributed by atoms with Crippen LogP contribution in [0.1, 0.15) is 86.0 Å². The Morgan fingerprint density at radius 3 is 2.02 bits per heavy atom. The summed E-state index contributed by atoms with van der Waals surface area (Å²) in [6.45, 7) is 20.7. The van der Waals surface area contributed by atoms with Gasteiger partial charge in [-0.2, -0.15) is 21.6 Å². The SMILES string of the molecule is C=C1[C@@H](O[Si](c2ccccc2)(c2ccccc2)C(C)(C)C)CCC[C@@]1(CCC1=C(OS(=O)(=O)C(F)(F)F)[C@@H](OC(C)=O)C[C@]2(C)[C@@H](OCOC)CC[C@@H]12)O[Si](C)(C)C. The van der Waals surface area contributed by atoms with Crippen LogP contribution >= 0.6 is 0 Å². The molecule has 0 heterocycles. The maximum atomic E-state index is 14.0. The van der Waals surface area contributed by atoms with E-state index < -0.39 is 79.2 Å². The highest BCUT2D eigenvalue weighted by Crippen LogP contribution is 2.58. The Morgan fingerprint density at radius 2 is 1.52 bits per heavy atom. The number of esters is 1. The minimum atomic E-state index is -6.13. The van der Waals surface area contributed by atoms with Crippen LogP contribution in [0.25, 0.3) is 0 Å². The minimum absolute atomic E-state index is 0.00447. The Bertz CT molecular complexity index is 1870. The van der Waals surface area contributed by atoms with Crippen LogP contribution in [0.15, 0.2) is 84.1 Å². The van der Waals surface area contributed by atoms with Gasteiger partial charge in [-0.25, -0.2) is 0 Å². The monoisotopic (exact) mass is 866 g/mol. The Hall–Kier alpha value is -2.80. The first kappa shape index (κ1) is 46.3. The van der Waals surface area contributed by atoms with Crippen LogP contribution < -0.4 is 10.4 Å². The number of halogens is 3. The number of allylic oxidation sites excluding steroid dienone is 1. The topological polar surface area (TPSA) is 107 Å². The zero-order chi connectivity index (χ0) is 43.0. The lowest BCUT2D eigenvalue weighted by molar-refractivity contribution is -0.153. The Balaban J connectivity index is 1.64. The maximum absolute atomic E-state index is 14.0. The number of fused-ring (bicyclic) bond motifs is 1. The van der Waals surface area contributed by atoms with E-state index in [1.165, 1.54) is 7.11 Å². The van der Waals surface area contributed by atoms with Gasteiger partial charge < -0.3 is 27.2 Å². The molecule has 2 aromatic carbocycles. The number of benzene rings is 2. The molecule has 0 spiro atoms. The highest BCUT2D eigenvalue weighted by molar-refractivity contribution is 7.87. The van der Waals surface area contributed by atoms with E-state index in [0.29, 0.717) is 31.3 Å². The van der Waals surface area contributed by atoms with Gasteiger partial charge in [0, 0.05) is 25.9 Å². The van der Waals surface area contributed by atoms with Gasteiger partial charge in [-0.05, 0) is 97.1 Å². The lowest BCUT2D eigenvalue weighted by atomic mass is 9.64. The van der Waals surface area contributed by atoms with Gasteiger partial charge in [0.25, 0.3) is 8.32 Å². The van der Waals surface area contributed by atoms with Gasteiger partial charge in [0.15, 0.2) is 20.2 Å². The third-order valence-electron chi connectivity index (χ3n) is 12.1. The summed E-state index contributed by atoms with van der Waals surface area (Å²) in [5.74, 6) is -1.73. The number of carbonyl (C=O) groups excluding carboxylic acids is 1. The van der Waals surface area contributed by atoms with Crippen molar-refractivity contribution in [3.63, 3.8) is 0 Å². The molecular weight excluding hydrogens is 806 g/mol. The molecule has 3 aliphatic carbocycles. The zero-order valence-corrected chi connectivity index (χ0v) is 38.2. The molecule has 0 radical (unpaired) electrons. The summed E-state index contributed by atoms with van der Waals surface area (Å²) in [5, 5.41) is 1.91. The summed E-state index contributed by atoms with van der Waals surface area (Å²) >= 11 is 0. The van der Waals surface area contributed by atoms with Crippen LogP contribution in [0.3, 0.4) is 0 Å². The van der Waals surface area contributed by atoms with E-state index in [9.17, 15) is 26.4 Å². The zero-order valence-electron chi connectivity index (χ0n) is 35.4. The fourth-order valence-corrected chi connectivity index (χ4v) is 16.6. The van der Waals surface area contributed by atoms with Crippen molar-refractivity contribution in [2.75, 3.05) is 13.9 Å². The number of methoxy groups -OCH3 is 1. The van der Waals surface area contributed by atoms with E-state index in [2.05, 4.69) is 64.7 Å². The van der Waals surface area contributed by atoms with Crippen molar-refractivity contribution in [1.82, 2.24) is 0 Å². The number of carbonyl (C=O) groups is 1. The number of rotatable bonds is 15. The summed E-state index contributed by atoms with van der Waals surface area (Å²) in [6, 6.07) is 20.7. The second-order valence-electron chi connectivity index (χ2n) is 18.3. The molecule has 15 heteroatoms. The van der Waals surface area contributed by atoms with Crippen molar-refractivity contribution in [2.24, 2.45) is 11.3 Å². The molecule has 0 N–H and O–H groups in total. The molecule has 2 aromatic rings. The van der Waals surface area contributed by atoms with Gasteiger partial charge in [-0.3, -0.25) is 4.79 Å². The van der Waals surface area contributed by atoms with Gasteiger partial charge in [-0.15, -0.1) is 0 Å². The van der Waals surface area contributed by atoms with Crippen molar-refractivity contribution in [3.05, 3.63) is 84.1 Å². The maximum Gasteiger partial charge on any atom is 0.534 e. The molecule has 3 aliphatic rings. The molecule has 58 heavy (non-hydrogen) atoms. The molecule has 322 valence electrons. The van der Waals surface area contributed by atoms with E-state index in [4.69, 9.17) is 33.8 Å². The van der Waals surface area contributed by atoms with Gasteiger partial charge in [0.1, 0.15) is 6.79 Å². The van der Waals surface area contributed by atoms with E-state index in [0.717, 1.165) is 29.3 Å². The number of hydrogen-bond donors (Lipinski definition) is 0. The van der Waals surface area contributed by atoms with E-state index in [-0.39, 0.29) is 31.1 Å². The fourth-order valence-electron chi connectivity index (χ4n) is 9.82. The molecule has 2 fully saturated rings. The number of ether oxygens (including phenoxy) is 3. The summed E-state index contributed by atoms with van der Waals surface area (Å²) < 4.78 is 104. The van der Waals surface area contributed by atoms with Crippen LogP contribution in [0.5, 0.6) is 0 Å². The molecule has 9 nitrogen and oxygen atoms in total. The van der Waals surface area contributed by atoms with Crippen molar-refractivity contribution >= 4 is 43.1 Å². The van der Waals surface area contributed by atoms with Gasteiger partial charge in [0.2, 0.25) is 0 Å². The van der Waals surface area contributed by atoms with Crippen LogP contribution in [-0.2, 0) is 42.2 Å². The van der Waals surface area contributed by atoms with Crippen molar-refractivity contribution in [1.29, 1.82) is 0 Å². The first-order valence-electron chi connectivity index (χ1n) is 20.1. The van der Waals surface area contributed by atoms with E-state index in [1.807, 2.05) is 43.3 Å². The quantitative estimate of drug-likeness (QED) is 0.0434. The van der Waals surface area contributed by atoms with Crippen molar-refractivity contribution < 1.29 is 53.6 Å². The molecule has 0 saturated heterocycles. The fraction of sp³-hybridized carbons (Fsp3) is 0.605. The second kappa shape index (κ2) is 17.3.